The molecule has 0 aromatic carbocycles. The van der Waals surface area contributed by atoms with Crippen LogP contribution < -0.4 is 0 Å². The van der Waals surface area contributed by atoms with Gasteiger partial charge in [0.2, 0.25) is 5.91 Å². The van der Waals surface area contributed by atoms with Crippen LogP contribution in [0.4, 0.5) is 0 Å². The van der Waals surface area contributed by atoms with Crippen LogP contribution in [0, 0.1) is 0 Å². The van der Waals surface area contributed by atoms with Crippen molar-refractivity contribution >= 4 is 23.2 Å². The van der Waals surface area contributed by atoms with Gasteiger partial charge < -0.3 is 9.80 Å². The Morgan fingerprint density at radius 3 is 2.69 bits per heavy atom. The van der Waals surface area contributed by atoms with Crippen LogP contribution in [0.25, 0.3) is 0 Å². The average Bonchev–Trinajstić information content (AvgIpc) is 3.03. The molecule has 5 nitrogen and oxygen atoms in total. The monoisotopic (exact) mass is 375 g/mol. The first-order chi connectivity index (χ1) is 12.5. The standard InChI is InChI=1S/C20H29N3O2S/c1-21-10-9-20(8-7-18(21)24)14-23(12-11-22(20)2)19(25)17-13-15-5-3-4-6-16(15)26-17/h13H,3-12,14H2,1-2H3/t20-/m0/s1. The minimum atomic E-state index is -0.0643. The van der Waals surface area contributed by atoms with E-state index in [2.05, 4.69) is 18.0 Å². The lowest BCUT2D eigenvalue weighted by Crippen LogP contribution is -2.62. The van der Waals surface area contributed by atoms with Crippen molar-refractivity contribution in [3.05, 3.63) is 21.4 Å². The first-order valence-corrected chi connectivity index (χ1v) is 10.7. The molecule has 1 aliphatic carbocycles. The third kappa shape index (κ3) is 3.18. The quantitative estimate of drug-likeness (QED) is 0.757. The summed E-state index contributed by atoms with van der Waals surface area (Å²) in [4.78, 5) is 34.0. The molecular formula is C20H29N3O2S. The predicted molar refractivity (Wildman–Crippen MR) is 104 cm³/mol. The number of aryl methyl sites for hydroxylation is 2. The predicted octanol–water partition coefficient (Wildman–Crippen LogP) is 2.40. The summed E-state index contributed by atoms with van der Waals surface area (Å²) in [6.45, 7) is 3.18. The second kappa shape index (κ2) is 6.97. The van der Waals surface area contributed by atoms with Gasteiger partial charge in [0, 0.05) is 50.1 Å². The molecular weight excluding hydrogens is 346 g/mol. The Morgan fingerprint density at radius 1 is 1.08 bits per heavy atom. The first-order valence-electron chi connectivity index (χ1n) is 9.85. The van der Waals surface area contributed by atoms with E-state index in [1.807, 2.05) is 16.8 Å². The third-order valence-corrected chi connectivity index (χ3v) is 7.86. The number of hydrogen-bond donors (Lipinski definition) is 0. The largest absolute Gasteiger partial charge is 0.346 e. The van der Waals surface area contributed by atoms with E-state index < -0.39 is 0 Å². The van der Waals surface area contributed by atoms with Gasteiger partial charge >= 0.3 is 0 Å². The van der Waals surface area contributed by atoms with Gasteiger partial charge in [-0.1, -0.05) is 0 Å². The lowest BCUT2D eigenvalue weighted by Gasteiger charge is -2.49. The molecule has 0 radical (unpaired) electrons. The van der Waals surface area contributed by atoms with Crippen LogP contribution in [-0.4, -0.2) is 72.3 Å². The van der Waals surface area contributed by atoms with E-state index >= 15 is 0 Å². The molecule has 3 heterocycles. The molecule has 1 atom stereocenters. The fraction of sp³-hybridized carbons (Fsp3) is 0.700. The SMILES string of the molecule is CN1CC[C@@]2(CCC1=O)CN(C(=O)c1cc3c(s1)CCCC3)CCN2C. The van der Waals surface area contributed by atoms with Gasteiger partial charge in [-0.3, -0.25) is 14.5 Å². The van der Waals surface area contributed by atoms with Crippen molar-refractivity contribution in [3.63, 3.8) is 0 Å². The molecule has 3 aliphatic rings. The summed E-state index contributed by atoms with van der Waals surface area (Å²) < 4.78 is 0. The van der Waals surface area contributed by atoms with Crippen molar-refractivity contribution in [2.45, 2.75) is 50.5 Å². The van der Waals surface area contributed by atoms with Gasteiger partial charge in [0.05, 0.1) is 4.88 Å². The maximum Gasteiger partial charge on any atom is 0.264 e. The molecule has 2 saturated heterocycles. The maximum absolute atomic E-state index is 13.2. The Kier molecular flexibility index (Phi) is 4.82. The zero-order valence-electron chi connectivity index (χ0n) is 15.9. The molecule has 1 spiro atoms. The van der Waals surface area contributed by atoms with Gasteiger partial charge in [-0.25, -0.2) is 0 Å². The molecule has 1 aromatic rings. The molecule has 0 bridgehead atoms. The summed E-state index contributed by atoms with van der Waals surface area (Å²) in [5.41, 5.74) is 1.33. The number of nitrogens with zero attached hydrogens (tertiary/aromatic N) is 3. The summed E-state index contributed by atoms with van der Waals surface area (Å²) in [5, 5.41) is 0. The highest BCUT2D eigenvalue weighted by atomic mass is 32.1. The van der Waals surface area contributed by atoms with Crippen LogP contribution in [0.2, 0.25) is 0 Å². The van der Waals surface area contributed by atoms with Gasteiger partial charge in [0.15, 0.2) is 0 Å². The van der Waals surface area contributed by atoms with Crippen LogP contribution in [-0.2, 0) is 17.6 Å². The normalized spacial score (nSPS) is 27.5. The summed E-state index contributed by atoms with van der Waals surface area (Å²) in [7, 11) is 4.05. The number of fused-ring (bicyclic) bond motifs is 1. The summed E-state index contributed by atoms with van der Waals surface area (Å²) in [6, 6.07) is 2.15. The van der Waals surface area contributed by atoms with Crippen molar-refractivity contribution in [1.29, 1.82) is 0 Å². The van der Waals surface area contributed by atoms with Crippen LogP contribution in [0.3, 0.4) is 0 Å². The Labute approximate surface area is 159 Å². The second-order valence-corrected chi connectivity index (χ2v) is 9.34. The highest BCUT2D eigenvalue weighted by Crippen LogP contribution is 2.34. The number of likely N-dealkylation sites (tertiary alicyclic amines) is 1. The Hall–Kier alpha value is -1.40. The molecule has 2 fully saturated rings. The summed E-state index contributed by atoms with van der Waals surface area (Å²) >= 11 is 1.71. The van der Waals surface area contributed by atoms with E-state index in [0.717, 1.165) is 56.7 Å². The third-order valence-electron chi connectivity index (χ3n) is 6.64. The lowest BCUT2D eigenvalue weighted by molar-refractivity contribution is -0.129. The van der Waals surface area contributed by atoms with Crippen molar-refractivity contribution in [1.82, 2.24) is 14.7 Å². The summed E-state index contributed by atoms with van der Waals surface area (Å²) in [5.74, 6) is 0.422. The molecule has 6 heteroatoms. The maximum atomic E-state index is 13.2. The minimum Gasteiger partial charge on any atom is -0.346 e. The number of hydrogen-bond acceptors (Lipinski definition) is 4. The minimum absolute atomic E-state index is 0.0643. The smallest absolute Gasteiger partial charge is 0.264 e. The van der Waals surface area contributed by atoms with Crippen LogP contribution in [0.1, 0.15) is 52.2 Å². The zero-order chi connectivity index (χ0) is 18.3. The van der Waals surface area contributed by atoms with Crippen LogP contribution in [0.5, 0.6) is 0 Å². The Bertz CT molecular complexity index is 692. The Balaban J connectivity index is 1.53. The highest BCUT2D eigenvalue weighted by molar-refractivity contribution is 7.14. The van der Waals surface area contributed by atoms with E-state index in [1.165, 1.54) is 23.3 Å². The molecule has 0 N–H and O–H groups in total. The van der Waals surface area contributed by atoms with E-state index in [0.29, 0.717) is 6.42 Å². The second-order valence-electron chi connectivity index (χ2n) is 8.20. The van der Waals surface area contributed by atoms with E-state index in [4.69, 9.17) is 0 Å². The van der Waals surface area contributed by atoms with E-state index in [9.17, 15) is 9.59 Å². The van der Waals surface area contributed by atoms with E-state index in [-0.39, 0.29) is 17.4 Å². The fourth-order valence-electron chi connectivity index (χ4n) is 4.68. The van der Waals surface area contributed by atoms with Crippen molar-refractivity contribution in [2.24, 2.45) is 0 Å². The number of thiophene rings is 1. The molecule has 4 rings (SSSR count). The zero-order valence-corrected chi connectivity index (χ0v) is 16.7. The molecule has 0 unspecified atom stereocenters. The van der Waals surface area contributed by atoms with Crippen molar-refractivity contribution < 1.29 is 9.59 Å². The molecule has 1 aromatic heterocycles. The molecule has 0 saturated carbocycles. The molecule has 26 heavy (non-hydrogen) atoms. The number of rotatable bonds is 1. The number of carbonyl (C=O) groups excluding carboxylic acids is 2. The van der Waals surface area contributed by atoms with Crippen molar-refractivity contribution in [3.8, 4) is 0 Å². The van der Waals surface area contributed by atoms with Gasteiger partial charge in [-0.05, 0) is 57.2 Å². The Morgan fingerprint density at radius 2 is 1.88 bits per heavy atom. The van der Waals surface area contributed by atoms with Crippen molar-refractivity contribution in [2.75, 3.05) is 40.3 Å². The van der Waals surface area contributed by atoms with Gasteiger partial charge in [0.25, 0.3) is 5.91 Å². The fourth-order valence-corrected chi connectivity index (χ4v) is 5.91. The lowest BCUT2D eigenvalue weighted by atomic mass is 9.86. The summed E-state index contributed by atoms with van der Waals surface area (Å²) in [6.07, 6.45) is 7.12. The molecule has 142 valence electrons. The number of piperazine rings is 1. The molecule has 2 amide bonds. The first kappa shape index (κ1) is 18.0. The van der Waals surface area contributed by atoms with E-state index in [1.54, 1.807) is 11.3 Å². The molecule has 2 aliphatic heterocycles. The van der Waals surface area contributed by atoms with Gasteiger partial charge in [-0.15, -0.1) is 11.3 Å². The number of likely N-dealkylation sites (N-methyl/N-ethyl adjacent to an activating group) is 1. The van der Waals surface area contributed by atoms with Crippen LogP contribution >= 0.6 is 11.3 Å². The number of carbonyl (C=O) groups is 2. The highest BCUT2D eigenvalue weighted by Gasteiger charge is 2.43. The average molecular weight is 376 g/mol. The number of amides is 2. The van der Waals surface area contributed by atoms with Crippen LogP contribution in [0.15, 0.2) is 6.07 Å². The van der Waals surface area contributed by atoms with Gasteiger partial charge in [0.1, 0.15) is 0 Å². The van der Waals surface area contributed by atoms with Gasteiger partial charge in [-0.2, -0.15) is 0 Å². The topological polar surface area (TPSA) is 43.9 Å².